The molecule has 0 spiro atoms. The zero-order valence-electron chi connectivity index (χ0n) is 8.33. The van der Waals surface area contributed by atoms with E-state index in [1.54, 1.807) is 0 Å². The van der Waals surface area contributed by atoms with Crippen LogP contribution in [0.4, 0.5) is 0 Å². The number of rotatable bonds is 5. The van der Waals surface area contributed by atoms with E-state index in [0.717, 1.165) is 12.3 Å². The van der Waals surface area contributed by atoms with Gasteiger partial charge in [-0.2, -0.15) is 0 Å². The topological polar surface area (TPSA) is 70.6 Å². The summed E-state index contributed by atoms with van der Waals surface area (Å²) < 4.78 is 0. The van der Waals surface area contributed by atoms with Crippen LogP contribution in [-0.4, -0.2) is 23.1 Å². The van der Waals surface area contributed by atoms with Crippen molar-refractivity contribution in [2.75, 3.05) is 0 Å². The van der Waals surface area contributed by atoms with Gasteiger partial charge in [-0.15, -0.1) is 0 Å². The van der Waals surface area contributed by atoms with Crippen LogP contribution in [0.25, 0.3) is 0 Å². The van der Waals surface area contributed by atoms with Crippen molar-refractivity contribution in [3.8, 4) is 0 Å². The highest BCUT2D eigenvalue weighted by atomic mass is 16.4. The Morgan fingerprint density at radius 1 is 1.69 bits per heavy atom. The van der Waals surface area contributed by atoms with Gasteiger partial charge in [0.25, 0.3) is 0 Å². The van der Waals surface area contributed by atoms with Crippen molar-refractivity contribution < 1.29 is 5.21 Å². The monoisotopic (exact) mass is 185 g/mol. The van der Waals surface area contributed by atoms with Crippen LogP contribution < -0.4 is 11.1 Å². The summed E-state index contributed by atoms with van der Waals surface area (Å²) in [7, 11) is 0. The summed E-state index contributed by atoms with van der Waals surface area (Å²) in [6.07, 6.45) is 3.30. The average molecular weight is 185 g/mol. The second-order valence-electron chi connectivity index (χ2n) is 3.66. The van der Waals surface area contributed by atoms with E-state index in [4.69, 9.17) is 10.9 Å². The Kier molecular flexibility index (Phi) is 3.54. The lowest BCUT2D eigenvalue weighted by Gasteiger charge is -2.14. The van der Waals surface area contributed by atoms with E-state index in [-0.39, 0.29) is 6.04 Å². The van der Waals surface area contributed by atoms with Gasteiger partial charge in [0, 0.05) is 6.04 Å². The first-order valence-corrected chi connectivity index (χ1v) is 4.96. The molecule has 0 bridgehead atoms. The third-order valence-corrected chi connectivity index (χ3v) is 2.74. The fourth-order valence-corrected chi connectivity index (χ4v) is 1.64. The van der Waals surface area contributed by atoms with Crippen LogP contribution in [0.1, 0.15) is 33.1 Å². The zero-order chi connectivity index (χ0) is 9.84. The minimum absolute atomic E-state index is 0.0338. The van der Waals surface area contributed by atoms with Crippen molar-refractivity contribution in [3.05, 3.63) is 0 Å². The average Bonchev–Trinajstić information content (AvgIpc) is 2.91. The maximum Gasteiger partial charge on any atom is 0.156 e. The van der Waals surface area contributed by atoms with E-state index in [0.29, 0.717) is 11.9 Å². The molecular formula is C9H19N3O. The highest BCUT2D eigenvalue weighted by molar-refractivity contribution is 5.85. The Morgan fingerprint density at radius 2 is 2.38 bits per heavy atom. The Morgan fingerprint density at radius 3 is 2.77 bits per heavy atom. The van der Waals surface area contributed by atoms with E-state index >= 15 is 0 Å². The summed E-state index contributed by atoms with van der Waals surface area (Å²) in [6, 6.07) is 0.613. The van der Waals surface area contributed by atoms with Crippen molar-refractivity contribution >= 4 is 5.84 Å². The molecule has 1 saturated carbocycles. The number of amidine groups is 1. The van der Waals surface area contributed by atoms with Crippen LogP contribution in [0.3, 0.4) is 0 Å². The van der Waals surface area contributed by atoms with Gasteiger partial charge in [-0.25, -0.2) is 0 Å². The second kappa shape index (κ2) is 4.46. The lowest BCUT2D eigenvalue weighted by molar-refractivity contribution is 0.314. The second-order valence-corrected chi connectivity index (χ2v) is 3.66. The van der Waals surface area contributed by atoms with Crippen molar-refractivity contribution in [1.82, 2.24) is 5.32 Å². The molecule has 0 heterocycles. The van der Waals surface area contributed by atoms with Crippen molar-refractivity contribution in [2.45, 2.75) is 45.2 Å². The van der Waals surface area contributed by atoms with E-state index in [1.807, 2.05) is 6.92 Å². The standard InChI is InChI=1S/C9H19N3O/c1-3-6-5-8(6)11-7(4-2)9(10)12-13/h6-8,11,13H,3-5H2,1-2H3,(H2,10,12). The van der Waals surface area contributed by atoms with E-state index in [1.165, 1.54) is 12.8 Å². The molecule has 0 radical (unpaired) electrons. The molecular weight excluding hydrogens is 166 g/mol. The predicted octanol–water partition coefficient (Wildman–Crippen LogP) is 0.899. The molecule has 0 aromatic rings. The highest BCUT2D eigenvalue weighted by Crippen LogP contribution is 2.33. The first-order valence-electron chi connectivity index (χ1n) is 4.96. The molecule has 0 aromatic carbocycles. The molecule has 13 heavy (non-hydrogen) atoms. The largest absolute Gasteiger partial charge is 0.409 e. The molecule has 0 aliphatic heterocycles. The van der Waals surface area contributed by atoms with Gasteiger partial charge < -0.3 is 16.3 Å². The first-order chi connectivity index (χ1) is 6.22. The molecule has 1 aliphatic rings. The molecule has 1 rings (SSSR count). The Hall–Kier alpha value is -0.770. The molecule has 1 aliphatic carbocycles. The Balaban J connectivity index is 2.33. The minimum atomic E-state index is 0.0338. The number of hydrogen-bond donors (Lipinski definition) is 3. The van der Waals surface area contributed by atoms with Gasteiger partial charge in [-0.1, -0.05) is 25.4 Å². The lowest BCUT2D eigenvalue weighted by Crippen LogP contribution is -2.42. The van der Waals surface area contributed by atoms with Crippen LogP contribution in [-0.2, 0) is 0 Å². The molecule has 0 aromatic heterocycles. The normalized spacial score (nSPS) is 30.2. The highest BCUT2D eigenvalue weighted by Gasteiger charge is 2.36. The van der Waals surface area contributed by atoms with Crippen molar-refractivity contribution in [3.63, 3.8) is 0 Å². The summed E-state index contributed by atoms with van der Waals surface area (Å²) in [5.41, 5.74) is 5.53. The number of hydrogen-bond acceptors (Lipinski definition) is 3. The Bertz CT molecular complexity index is 193. The Labute approximate surface area is 79.2 Å². The zero-order valence-corrected chi connectivity index (χ0v) is 8.33. The van der Waals surface area contributed by atoms with Gasteiger partial charge in [-0.3, -0.25) is 0 Å². The van der Waals surface area contributed by atoms with Gasteiger partial charge in [0.1, 0.15) is 0 Å². The van der Waals surface area contributed by atoms with Crippen molar-refractivity contribution in [2.24, 2.45) is 16.8 Å². The smallest absolute Gasteiger partial charge is 0.156 e. The molecule has 76 valence electrons. The predicted molar refractivity (Wildman–Crippen MR) is 52.8 cm³/mol. The van der Waals surface area contributed by atoms with Crippen LogP contribution in [0.5, 0.6) is 0 Å². The number of nitrogens with zero attached hydrogens (tertiary/aromatic N) is 1. The van der Waals surface area contributed by atoms with Crippen molar-refractivity contribution in [1.29, 1.82) is 0 Å². The summed E-state index contributed by atoms with van der Waals surface area (Å²) >= 11 is 0. The van der Waals surface area contributed by atoms with Crippen LogP contribution in [0.15, 0.2) is 5.16 Å². The first kappa shape index (κ1) is 10.3. The van der Waals surface area contributed by atoms with E-state index < -0.39 is 0 Å². The summed E-state index contributed by atoms with van der Waals surface area (Å²) in [5.74, 6) is 1.09. The molecule has 1 fully saturated rings. The molecule has 3 unspecified atom stereocenters. The van der Waals surface area contributed by atoms with Gasteiger partial charge in [-0.05, 0) is 18.8 Å². The summed E-state index contributed by atoms with van der Waals surface area (Å²) in [6.45, 7) is 4.22. The molecule has 4 heteroatoms. The van der Waals surface area contributed by atoms with Gasteiger partial charge >= 0.3 is 0 Å². The molecule has 3 atom stereocenters. The van der Waals surface area contributed by atoms with E-state index in [9.17, 15) is 0 Å². The van der Waals surface area contributed by atoms with Gasteiger partial charge in [0.2, 0.25) is 0 Å². The number of nitrogens with two attached hydrogens (primary N) is 1. The summed E-state index contributed by atoms with van der Waals surface area (Å²) in [5, 5.41) is 14.9. The third-order valence-electron chi connectivity index (χ3n) is 2.74. The maximum absolute atomic E-state index is 8.52. The lowest BCUT2D eigenvalue weighted by atomic mass is 10.2. The van der Waals surface area contributed by atoms with Crippen LogP contribution >= 0.6 is 0 Å². The number of nitrogens with one attached hydrogen (secondary N) is 1. The number of oxime groups is 1. The quantitative estimate of drug-likeness (QED) is 0.258. The molecule has 0 amide bonds. The van der Waals surface area contributed by atoms with Crippen LogP contribution in [0.2, 0.25) is 0 Å². The van der Waals surface area contributed by atoms with Crippen LogP contribution in [0, 0.1) is 5.92 Å². The summed E-state index contributed by atoms with van der Waals surface area (Å²) in [4.78, 5) is 0. The fraction of sp³-hybridized carbons (Fsp3) is 0.889. The van der Waals surface area contributed by atoms with Gasteiger partial charge in [0.15, 0.2) is 5.84 Å². The minimum Gasteiger partial charge on any atom is -0.409 e. The SMILES string of the molecule is CCC(NC1CC1CC)C(N)=NO. The van der Waals surface area contributed by atoms with E-state index in [2.05, 4.69) is 17.4 Å². The molecule has 4 N–H and O–H groups in total. The maximum atomic E-state index is 8.52. The third kappa shape index (κ3) is 2.59. The fourth-order valence-electron chi connectivity index (χ4n) is 1.64. The molecule has 0 saturated heterocycles. The van der Waals surface area contributed by atoms with Gasteiger partial charge in [0.05, 0.1) is 6.04 Å². The molecule has 4 nitrogen and oxygen atoms in total.